The number of hydrogen-bond acceptors (Lipinski definition) is 4. The second-order valence-electron chi connectivity index (χ2n) is 3.32. The summed E-state index contributed by atoms with van der Waals surface area (Å²) in [5, 5.41) is 4.61. The molecule has 2 aromatic rings. The minimum atomic E-state index is -0.481. The van der Waals surface area contributed by atoms with Gasteiger partial charge in [-0.2, -0.15) is 5.10 Å². The molecule has 0 unspecified atom stereocenters. The Morgan fingerprint density at radius 2 is 2.24 bits per heavy atom. The molecule has 7 heteroatoms. The van der Waals surface area contributed by atoms with E-state index in [4.69, 9.17) is 27.9 Å². The minimum Gasteiger partial charge on any atom is -0.462 e. The van der Waals surface area contributed by atoms with Gasteiger partial charge in [0.15, 0.2) is 5.65 Å². The Balaban J connectivity index is 2.70. The number of halogens is 2. The lowest BCUT2D eigenvalue weighted by Gasteiger charge is -2.01. The predicted molar refractivity (Wildman–Crippen MR) is 63.7 cm³/mol. The summed E-state index contributed by atoms with van der Waals surface area (Å²) in [5.74, 6) is -0.481. The number of fused-ring (bicyclic) bond motifs is 1. The van der Waals surface area contributed by atoms with Crippen molar-refractivity contribution in [3.05, 3.63) is 27.6 Å². The molecule has 2 heterocycles. The number of ether oxygens (including phenoxy) is 1. The van der Waals surface area contributed by atoms with Crippen LogP contribution < -0.4 is 0 Å². The average molecular weight is 274 g/mol. The van der Waals surface area contributed by atoms with Crippen molar-refractivity contribution >= 4 is 34.8 Å². The van der Waals surface area contributed by atoms with E-state index in [1.54, 1.807) is 13.8 Å². The number of nitrogens with zero attached hydrogens (tertiary/aromatic N) is 3. The van der Waals surface area contributed by atoms with Crippen LogP contribution in [0.5, 0.6) is 0 Å². The minimum absolute atomic E-state index is 0.202. The first kappa shape index (κ1) is 12.1. The van der Waals surface area contributed by atoms with Gasteiger partial charge in [0, 0.05) is 6.07 Å². The zero-order chi connectivity index (χ0) is 12.6. The third-order valence-corrected chi connectivity index (χ3v) is 2.63. The molecular formula is C10H9Cl2N3O2. The third kappa shape index (κ3) is 2.08. The Morgan fingerprint density at radius 3 is 2.88 bits per heavy atom. The molecule has 0 atom stereocenters. The Morgan fingerprint density at radius 1 is 1.53 bits per heavy atom. The van der Waals surface area contributed by atoms with Crippen molar-refractivity contribution in [1.82, 2.24) is 14.6 Å². The smallest absolute Gasteiger partial charge is 0.343 e. The molecule has 0 aliphatic heterocycles. The number of carbonyl (C=O) groups is 1. The molecule has 2 aromatic heterocycles. The van der Waals surface area contributed by atoms with E-state index in [2.05, 4.69) is 10.1 Å². The van der Waals surface area contributed by atoms with Gasteiger partial charge < -0.3 is 4.74 Å². The van der Waals surface area contributed by atoms with E-state index in [1.165, 1.54) is 10.6 Å². The van der Waals surface area contributed by atoms with E-state index in [0.717, 1.165) is 0 Å². The van der Waals surface area contributed by atoms with Gasteiger partial charge in [0.25, 0.3) is 0 Å². The molecule has 0 saturated carbocycles. The lowest BCUT2D eigenvalue weighted by molar-refractivity contribution is 0.0527. The molecule has 0 spiro atoms. The van der Waals surface area contributed by atoms with E-state index in [0.29, 0.717) is 16.5 Å². The molecule has 0 bridgehead atoms. The van der Waals surface area contributed by atoms with E-state index >= 15 is 0 Å². The third-order valence-electron chi connectivity index (χ3n) is 2.17. The van der Waals surface area contributed by atoms with Gasteiger partial charge in [0.1, 0.15) is 15.9 Å². The molecule has 0 N–H and O–H groups in total. The van der Waals surface area contributed by atoms with Crippen molar-refractivity contribution < 1.29 is 9.53 Å². The molecular weight excluding hydrogens is 265 g/mol. The molecule has 5 nitrogen and oxygen atoms in total. The van der Waals surface area contributed by atoms with Crippen LogP contribution in [0, 0.1) is 6.92 Å². The first-order chi connectivity index (χ1) is 8.04. The number of carbonyl (C=O) groups excluding carboxylic acids is 1. The molecule has 0 aromatic carbocycles. The van der Waals surface area contributed by atoms with E-state index in [9.17, 15) is 4.79 Å². The Hall–Kier alpha value is -1.33. The monoisotopic (exact) mass is 273 g/mol. The van der Waals surface area contributed by atoms with Crippen LogP contribution in [0.25, 0.3) is 5.65 Å². The van der Waals surface area contributed by atoms with Crippen LogP contribution in [0.4, 0.5) is 0 Å². The van der Waals surface area contributed by atoms with Crippen molar-refractivity contribution in [3.8, 4) is 0 Å². The van der Waals surface area contributed by atoms with Crippen LogP contribution >= 0.6 is 23.2 Å². The van der Waals surface area contributed by atoms with Gasteiger partial charge >= 0.3 is 5.97 Å². The topological polar surface area (TPSA) is 56.5 Å². The maximum absolute atomic E-state index is 11.8. The number of aryl methyl sites for hydroxylation is 1. The largest absolute Gasteiger partial charge is 0.462 e. The van der Waals surface area contributed by atoms with Gasteiger partial charge in [0.05, 0.1) is 12.3 Å². The van der Waals surface area contributed by atoms with Gasteiger partial charge in [-0.1, -0.05) is 23.2 Å². The molecule has 0 amide bonds. The van der Waals surface area contributed by atoms with Crippen molar-refractivity contribution in [2.45, 2.75) is 13.8 Å². The van der Waals surface area contributed by atoms with Crippen LogP contribution in [0.2, 0.25) is 10.3 Å². The highest BCUT2D eigenvalue weighted by atomic mass is 35.5. The lowest BCUT2D eigenvalue weighted by atomic mass is 10.2. The SMILES string of the molecule is CCOC(=O)c1c(C)nn2c(Cl)cc(Cl)nc12. The summed E-state index contributed by atoms with van der Waals surface area (Å²) in [6, 6.07) is 1.46. The quantitative estimate of drug-likeness (QED) is 0.623. The summed E-state index contributed by atoms with van der Waals surface area (Å²) in [6.45, 7) is 3.70. The standard InChI is InChI=1S/C10H9Cl2N3O2/c1-3-17-10(16)8-5(2)14-15-7(12)4-6(11)13-9(8)15/h4H,3H2,1-2H3. The zero-order valence-corrected chi connectivity index (χ0v) is 10.7. The fourth-order valence-corrected chi connectivity index (χ4v) is 1.96. The van der Waals surface area contributed by atoms with Crippen LogP contribution in [0.15, 0.2) is 6.07 Å². The summed E-state index contributed by atoms with van der Waals surface area (Å²) in [6.07, 6.45) is 0. The highest BCUT2D eigenvalue weighted by molar-refractivity contribution is 6.33. The van der Waals surface area contributed by atoms with Crippen LogP contribution in [-0.2, 0) is 4.74 Å². The second-order valence-corrected chi connectivity index (χ2v) is 4.09. The van der Waals surface area contributed by atoms with Crippen LogP contribution in [0.3, 0.4) is 0 Å². The molecule has 0 radical (unpaired) electrons. The van der Waals surface area contributed by atoms with E-state index in [-0.39, 0.29) is 17.3 Å². The van der Waals surface area contributed by atoms with Gasteiger partial charge in [-0.25, -0.2) is 14.3 Å². The summed E-state index contributed by atoms with van der Waals surface area (Å²) in [5.41, 5.74) is 1.09. The fourth-order valence-electron chi connectivity index (χ4n) is 1.50. The lowest BCUT2D eigenvalue weighted by Crippen LogP contribution is -2.06. The summed E-state index contributed by atoms with van der Waals surface area (Å²) in [7, 11) is 0. The number of hydrogen-bond donors (Lipinski definition) is 0. The van der Waals surface area contributed by atoms with Gasteiger partial charge in [-0.15, -0.1) is 0 Å². The molecule has 0 aliphatic carbocycles. The van der Waals surface area contributed by atoms with E-state index in [1.807, 2.05) is 0 Å². The van der Waals surface area contributed by atoms with Crippen molar-refractivity contribution in [2.75, 3.05) is 6.61 Å². The molecule has 17 heavy (non-hydrogen) atoms. The first-order valence-electron chi connectivity index (χ1n) is 4.93. The number of rotatable bonds is 2. The van der Waals surface area contributed by atoms with Crippen molar-refractivity contribution in [1.29, 1.82) is 0 Å². The second kappa shape index (κ2) is 4.50. The van der Waals surface area contributed by atoms with Gasteiger partial charge in [-0.3, -0.25) is 0 Å². The average Bonchev–Trinajstić information content (AvgIpc) is 2.55. The fraction of sp³-hybridized carbons (Fsp3) is 0.300. The number of aromatic nitrogens is 3. The summed E-state index contributed by atoms with van der Waals surface area (Å²) < 4.78 is 6.29. The normalized spacial score (nSPS) is 10.8. The Labute approximate surface area is 107 Å². The van der Waals surface area contributed by atoms with Crippen molar-refractivity contribution in [3.63, 3.8) is 0 Å². The van der Waals surface area contributed by atoms with Crippen LogP contribution in [-0.4, -0.2) is 27.2 Å². The maximum atomic E-state index is 11.8. The molecule has 90 valence electrons. The summed E-state index contributed by atoms with van der Waals surface area (Å²) in [4.78, 5) is 15.8. The van der Waals surface area contributed by atoms with Gasteiger partial charge in [0.2, 0.25) is 0 Å². The Bertz CT molecular complexity index is 595. The van der Waals surface area contributed by atoms with Crippen molar-refractivity contribution in [2.24, 2.45) is 0 Å². The molecule has 0 fully saturated rings. The van der Waals surface area contributed by atoms with E-state index < -0.39 is 5.97 Å². The maximum Gasteiger partial charge on any atom is 0.343 e. The number of esters is 1. The first-order valence-corrected chi connectivity index (χ1v) is 5.68. The highest BCUT2D eigenvalue weighted by Gasteiger charge is 2.21. The van der Waals surface area contributed by atoms with Gasteiger partial charge in [-0.05, 0) is 13.8 Å². The molecule has 0 aliphatic rings. The van der Waals surface area contributed by atoms with Crippen LogP contribution in [0.1, 0.15) is 23.0 Å². The molecule has 2 rings (SSSR count). The zero-order valence-electron chi connectivity index (χ0n) is 9.20. The Kier molecular flexibility index (Phi) is 3.22. The predicted octanol–water partition coefficient (Wildman–Crippen LogP) is 2.52. The highest BCUT2D eigenvalue weighted by Crippen LogP contribution is 2.21. The summed E-state index contributed by atoms with van der Waals surface area (Å²) >= 11 is 11.8. The molecule has 0 saturated heterocycles.